The van der Waals surface area contributed by atoms with Crippen molar-refractivity contribution < 1.29 is 28.2 Å². The average Bonchev–Trinajstić information content (AvgIpc) is 2.97. The van der Waals surface area contributed by atoms with Gasteiger partial charge in [0.1, 0.15) is 9.97 Å². The second kappa shape index (κ2) is 6.53. The normalized spacial score (nSPS) is 12.1. The Hall–Kier alpha value is -2.16. The van der Waals surface area contributed by atoms with Gasteiger partial charge >= 0.3 is 5.97 Å². The molecule has 1 aromatic carbocycles. The SMILES string of the molecule is O=C(O)C(=O)C=C(O)c1ccsc1S(=O)(=O)c1ccc(Cl)cc1. The fourth-order valence-electron chi connectivity index (χ4n) is 1.68. The van der Waals surface area contributed by atoms with Crippen molar-refractivity contribution in [3.8, 4) is 0 Å². The van der Waals surface area contributed by atoms with Crippen molar-refractivity contribution in [2.75, 3.05) is 0 Å². The minimum atomic E-state index is -3.94. The molecule has 0 saturated carbocycles. The second-order valence-electron chi connectivity index (χ2n) is 4.28. The maximum atomic E-state index is 12.6. The van der Waals surface area contributed by atoms with E-state index in [9.17, 15) is 23.1 Å². The first kappa shape index (κ1) is 17.2. The highest BCUT2D eigenvalue weighted by atomic mass is 35.5. The molecule has 0 atom stereocenters. The lowest BCUT2D eigenvalue weighted by atomic mass is 10.2. The number of carboxylic acids is 1. The van der Waals surface area contributed by atoms with Crippen molar-refractivity contribution in [2.45, 2.75) is 9.10 Å². The smallest absolute Gasteiger partial charge is 0.376 e. The summed E-state index contributed by atoms with van der Waals surface area (Å²) in [6, 6.07) is 6.72. The van der Waals surface area contributed by atoms with Gasteiger partial charge in [0.05, 0.1) is 4.90 Å². The van der Waals surface area contributed by atoms with Crippen molar-refractivity contribution in [2.24, 2.45) is 0 Å². The largest absolute Gasteiger partial charge is 0.507 e. The van der Waals surface area contributed by atoms with Crippen LogP contribution in [0, 0.1) is 0 Å². The van der Waals surface area contributed by atoms with E-state index >= 15 is 0 Å². The molecule has 1 heterocycles. The van der Waals surface area contributed by atoms with Gasteiger partial charge in [-0.05, 0) is 35.7 Å². The van der Waals surface area contributed by atoms with Crippen LogP contribution in [0.25, 0.3) is 5.76 Å². The van der Waals surface area contributed by atoms with Gasteiger partial charge in [0.15, 0.2) is 0 Å². The number of aliphatic hydroxyl groups excluding tert-OH is 1. The van der Waals surface area contributed by atoms with Crippen LogP contribution in [0.5, 0.6) is 0 Å². The molecule has 2 rings (SSSR count). The van der Waals surface area contributed by atoms with Gasteiger partial charge in [-0.2, -0.15) is 0 Å². The first-order valence-electron chi connectivity index (χ1n) is 6.00. The summed E-state index contributed by atoms with van der Waals surface area (Å²) in [7, 11) is -3.94. The predicted molar refractivity (Wildman–Crippen MR) is 84.5 cm³/mol. The molecule has 0 aliphatic rings. The number of aliphatic hydroxyl groups is 1. The van der Waals surface area contributed by atoms with Gasteiger partial charge in [-0.15, -0.1) is 11.3 Å². The molecule has 0 spiro atoms. The monoisotopic (exact) mass is 372 g/mol. The van der Waals surface area contributed by atoms with Crippen LogP contribution in [0.1, 0.15) is 5.56 Å². The molecule has 0 aliphatic heterocycles. The number of carboxylic acid groups (broad SMARTS) is 1. The highest BCUT2D eigenvalue weighted by molar-refractivity contribution is 7.93. The van der Waals surface area contributed by atoms with Crippen LogP contribution >= 0.6 is 22.9 Å². The number of hydrogen-bond donors (Lipinski definition) is 2. The third-order valence-corrected chi connectivity index (χ3v) is 6.26. The van der Waals surface area contributed by atoms with E-state index in [0.717, 1.165) is 11.3 Å². The number of aliphatic carboxylic acids is 1. The summed E-state index contributed by atoms with van der Waals surface area (Å²) in [6.45, 7) is 0. The molecule has 0 aliphatic carbocycles. The van der Waals surface area contributed by atoms with Crippen LogP contribution in [-0.4, -0.2) is 30.4 Å². The molecule has 0 bridgehead atoms. The minimum absolute atomic E-state index is 0.0389. The van der Waals surface area contributed by atoms with Gasteiger partial charge in [-0.1, -0.05) is 11.6 Å². The lowest BCUT2D eigenvalue weighted by Crippen LogP contribution is -2.10. The summed E-state index contributed by atoms with van der Waals surface area (Å²) in [5, 5.41) is 20.2. The Labute approximate surface area is 140 Å². The Balaban J connectivity index is 2.51. The summed E-state index contributed by atoms with van der Waals surface area (Å²) in [5.41, 5.74) is -0.139. The number of sulfone groups is 1. The van der Waals surface area contributed by atoms with Crippen LogP contribution in [-0.2, 0) is 19.4 Å². The number of carbonyl (C=O) groups excluding carboxylic acids is 1. The fraction of sp³-hybridized carbons (Fsp3) is 0. The van der Waals surface area contributed by atoms with Crippen LogP contribution in [0.2, 0.25) is 5.02 Å². The lowest BCUT2D eigenvalue weighted by Gasteiger charge is -2.05. The molecular weight excluding hydrogens is 364 g/mol. The number of rotatable bonds is 5. The van der Waals surface area contributed by atoms with Crippen LogP contribution in [0.4, 0.5) is 0 Å². The zero-order valence-corrected chi connectivity index (χ0v) is 13.7. The molecule has 0 unspecified atom stereocenters. The highest BCUT2D eigenvalue weighted by Gasteiger charge is 2.25. The summed E-state index contributed by atoms with van der Waals surface area (Å²) >= 11 is 6.56. The topological polar surface area (TPSA) is 109 Å². The Bertz CT molecular complexity index is 894. The third kappa shape index (κ3) is 3.61. The molecule has 2 N–H and O–H groups in total. The average molecular weight is 373 g/mol. The maximum Gasteiger partial charge on any atom is 0.376 e. The third-order valence-electron chi connectivity index (χ3n) is 2.75. The number of thiophene rings is 1. The lowest BCUT2D eigenvalue weighted by molar-refractivity contribution is -0.146. The Morgan fingerprint density at radius 3 is 2.26 bits per heavy atom. The molecule has 1 aromatic heterocycles. The number of ketones is 1. The van der Waals surface area contributed by atoms with Crippen molar-refractivity contribution in [3.63, 3.8) is 0 Å². The maximum absolute atomic E-state index is 12.6. The van der Waals surface area contributed by atoms with E-state index in [1.54, 1.807) is 0 Å². The first-order valence-corrected chi connectivity index (χ1v) is 8.74. The van der Waals surface area contributed by atoms with Crippen LogP contribution in [0.15, 0.2) is 50.9 Å². The number of benzene rings is 1. The summed E-state index contributed by atoms with van der Waals surface area (Å²) in [5.74, 6) is -3.84. The molecule has 0 amide bonds. The zero-order valence-electron chi connectivity index (χ0n) is 11.3. The van der Waals surface area contributed by atoms with E-state index in [1.807, 2.05) is 0 Å². The van der Waals surface area contributed by atoms with E-state index in [-0.39, 0.29) is 14.7 Å². The van der Waals surface area contributed by atoms with Crippen molar-refractivity contribution >= 4 is 50.3 Å². The van der Waals surface area contributed by atoms with Gasteiger partial charge in [-0.3, -0.25) is 4.79 Å². The Kier molecular flexibility index (Phi) is 4.88. The van der Waals surface area contributed by atoms with Crippen LogP contribution < -0.4 is 0 Å². The first-order chi connectivity index (χ1) is 10.7. The number of hydrogen-bond acceptors (Lipinski definition) is 6. The van der Waals surface area contributed by atoms with E-state index < -0.39 is 27.3 Å². The van der Waals surface area contributed by atoms with E-state index in [1.165, 1.54) is 35.7 Å². The molecule has 23 heavy (non-hydrogen) atoms. The standard InChI is InChI=1S/C14H9ClO6S2/c15-8-1-3-9(4-2-8)23(20,21)14-10(5-6-22-14)11(16)7-12(17)13(18)19/h1-7,16H,(H,18,19). The van der Waals surface area contributed by atoms with E-state index in [4.69, 9.17) is 16.7 Å². The van der Waals surface area contributed by atoms with E-state index in [2.05, 4.69) is 0 Å². The van der Waals surface area contributed by atoms with Crippen molar-refractivity contribution in [3.05, 3.63) is 52.4 Å². The number of carbonyl (C=O) groups is 2. The molecule has 9 heteroatoms. The molecule has 0 saturated heterocycles. The van der Waals surface area contributed by atoms with Crippen LogP contribution in [0.3, 0.4) is 0 Å². The van der Waals surface area contributed by atoms with E-state index in [0.29, 0.717) is 11.1 Å². The summed E-state index contributed by atoms with van der Waals surface area (Å²) < 4.78 is 25.0. The summed E-state index contributed by atoms with van der Waals surface area (Å²) in [6.07, 6.45) is 0.464. The number of halogens is 1. The van der Waals surface area contributed by atoms with Gasteiger partial charge in [0.2, 0.25) is 9.84 Å². The molecule has 2 aromatic rings. The van der Waals surface area contributed by atoms with Gasteiger partial charge in [0.25, 0.3) is 5.78 Å². The quantitative estimate of drug-likeness (QED) is 0.474. The fourth-order valence-corrected chi connectivity index (χ4v) is 4.56. The van der Waals surface area contributed by atoms with Crippen molar-refractivity contribution in [1.29, 1.82) is 0 Å². The molecule has 6 nitrogen and oxygen atoms in total. The van der Waals surface area contributed by atoms with Gasteiger partial charge in [0, 0.05) is 16.7 Å². The van der Waals surface area contributed by atoms with Gasteiger partial charge in [-0.25, -0.2) is 13.2 Å². The molecule has 120 valence electrons. The predicted octanol–water partition coefficient (Wildman–Crippen LogP) is 2.79. The molecular formula is C14H9ClO6S2. The Morgan fingerprint density at radius 1 is 1.09 bits per heavy atom. The van der Waals surface area contributed by atoms with Gasteiger partial charge < -0.3 is 10.2 Å². The second-order valence-corrected chi connectivity index (χ2v) is 7.78. The van der Waals surface area contributed by atoms with Crippen molar-refractivity contribution in [1.82, 2.24) is 0 Å². The minimum Gasteiger partial charge on any atom is -0.507 e. The Morgan fingerprint density at radius 2 is 1.70 bits per heavy atom. The highest BCUT2D eigenvalue weighted by Crippen LogP contribution is 2.32. The summed E-state index contributed by atoms with van der Waals surface area (Å²) in [4.78, 5) is 21.6. The zero-order chi connectivity index (χ0) is 17.2. The molecule has 0 radical (unpaired) electrons. The molecule has 0 fully saturated rings.